The predicted octanol–water partition coefficient (Wildman–Crippen LogP) is 4.21. The second-order valence-electron chi connectivity index (χ2n) is 5.52. The molecule has 1 heterocycles. The van der Waals surface area contributed by atoms with Crippen LogP contribution in [0.4, 0.5) is 10.1 Å². The maximum absolute atomic E-state index is 13.7. The van der Waals surface area contributed by atoms with Crippen molar-refractivity contribution in [3.63, 3.8) is 0 Å². The fraction of sp³-hybridized carbons (Fsp3) is 0.211. The zero-order chi connectivity index (χ0) is 17.6. The van der Waals surface area contributed by atoms with E-state index < -0.39 is 5.50 Å². The van der Waals surface area contributed by atoms with Gasteiger partial charge in [-0.05, 0) is 42.3 Å². The van der Waals surface area contributed by atoms with Crippen LogP contribution < -0.4 is 15.4 Å². The fourth-order valence-electron chi connectivity index (χ4n) is 2.32. The Kier molecular flexibility index (Phi) is 5.60. The second kappa shape index (κ2) is 8.07. The van der Waals surface area contributed by atoms with Gasteiger partial charge >= 0.3 is 0 Å². The molecule has 1 atom stereocenters. The van der Waals surface area contributed by atoms with Gasteiger partial charge in [-0.25, -0.2) is 4.39 Å². The zero-order valence-corrected chi connectivity index (χ0v) is 14.6. The van der Waals surface area contributed by atoms with Crippen LogP contribution in [0.5, 0.6) is 5.75 Å². The summed E-state index contributed by atoms with van der Waals surface area (Å²) in [6.07, 6.45) is 2.77. The van der Waals surface area contributed by atoms with E-state index in [1.54, 1.807) is 18.2 Å². The molecule has 0 aliphatic carbocycles. The molecule has 1 amide bonds. The van der Waals surface area contributed by atoms with Crippen molar-refractivity contribution >= 4 is 29.4 Å². The van der Waals surface area contributed by atoms with E-state index in [0.29, 0.717) is 17.2 Å². The number of benzene rings is 2. The predicted molar refractivity (Wildman–Crippen MR) is 99.7 cm³/mol. The number of ether oxygens (including phenoxy) is 1. The summed E-state index contributed by atoms with van der Waals surface area (Å²) in [5.41, 5.74) is 0.870. The number of hydrogen-bond donors (Lipinski definition) is 2. The summed E-state index contributed by atoms with van der Waals surface area (Å²) in [6, 6.07) is 14.0. The summed E-state index contributed by atoms with van der Waals surface area (Å²) in [7, 11) is 0. The molecule has 25 heavy (non-hydrogen) atoms. The van der Waals surface area contributed by atoms with Crippen molar-refractivity contribution in [1.29, 1.82) is 0 Å². The Morgan fingerprint density at radius 1 is 1.24 bits per heavy atom. The average molecular weight is 358 g/mol. The lowest BCUT2D eigenvalue weighted by Gasteiger charge is -2.12. The second-order valence-corrected chi connectivity index (χ2v) is 6.67. The molecule has 1 fully saturated rings. The lowest BCUT2D eigenvalue weighted by Crippen LogP contribution is -2.31. The van der Waals surface area contributed by atoms with Crippen molar-refractivity contribution < 1.29 is 13.9 Å². The first-order chi connectivity index (χ1) is 12.2. The van der Waals surface area contributed by atoms with E-state index in [4.69, 9.17) is 4.74 Å². The first-order valence-corrected chi connectivity index (χ1v) is 8.97. The number of carbonyl (C=O) groups excluding carboxylic acids is 1. The van der Waals surface area contributed by atoms with Gasteiger partial charge in [0.2, 0.25) is 0 Å². The lowest BCUT2D eigenvalue weighted by atomic mass is 10.2. The van der Waals surface area contributed by atoms with Crippen molar-refractivity contribution in [3.05, 3.63) is 64.8 Å². The van der Waals surface area contributed by atoms with Crippen molar-refractivity contribution in [3.8, 4) is 5.75 Å². The van der Waals surface area contributed by atoms with Gasteiger partial charge in [-0.1, -0.05) is 43.0 Å². The van der Waals surface area contributed by atoms with E-state index in [1.165, 1.54) is 17.8 Å². The molecule has 0 saturated carbocycles. The van der Waals surface area contributed by atoms with Crippen molar-refractivity contribution in [2.24, 2.45) is 0 Å². The molecule has 0 radical (unpaired) electrons. The number of thioether (sulfide) groups is 1. The number of halogens is 1. The van der Waals surface area contributed by atoms with E-state index in [2.05, 4.69) is 17.6 Å². The molecule has 1 aliphatic rings. The largest absolute Gasteiger partial charge is 0.494 e. The molecular weight excluding hydrogens is 339 g/mol. The van der Waals surface area contributed by atoms with Gasteiger partial charge in [0, 0.05) is 0 Å². The third-order valence-electron chi connectivity index (χ3n) is 3.54. The van der Waals surface area contributed by atoms with Crippen LogP contribution in [0, 0.1) is 5.82 Å². The Balaban J connectivity index is 1.66. The van der Waals surface area contributed by atoms with Crippen LogP contribution in [0.1, 0.15) is 18.9 Å². The average Bonchev–Trinajstić information content (AvgIpc) is 2.95. The van der Waals surface area contributed by atoms with Crippen LogP contribution in [-0.4, -0.2) is 18.0 Å². The van der Waals surface area contributed by atoms with E-state index in [9.17, 15) is 9.18 Å². The number of anilines is 1. The van der Waals surface area contributed by atoms with Gasteiger partial charge < -0.3 is 15.4 Å². The van der Waals surface area contributed by atoms with Crippen molar-refractivity contribution in [2.45, 2.75) is 18.8 Å². The van der Waals surface area contributed by atoms with E-state index >= 15 is 0 Å². The Bertz CT molecular complexity index is 777. The maximum Gasteiger partial charge on any atom is 0.260 e. The van der Waals surface area contributed by atoms with Gasteiger partial charge in [0.15, 0.2) is 5.50 Å². The Labute approximate surface area is 150 Å². The molecule has 1 unspecified atom stereocenters. The lowest BCUT2D eigenvalue weighted by molar-refractivity contribution is -0.116. The number of carbonyl (C=O) groups is 1. The van der Waals surface area contributed by atoms with Gasteiger partial charge in [-0.2, -0.15) is 0 Å². The van der Waals surface area contributed by atoms with E-state index in [1.807, 2.05) is 30.3 Å². The quantitative estimate of drug-likeness (QED) is 0.760. The number of para-hydroxylation sites is 1. The maximum atomic E-state index is 13.7. The summed E-state index contributed by atoms with van der Waals surface area (Å²) in [5.74, 6) is 0.286. The minimum atomic E-state index is -0.400. The molecule has 1 aliphatic heterocycles. The molecule has 0 bridgehead atoms. The van der Waals surface area contributed by atoms with Gasteiger partial charge in [0.05, 0.1) is 17.2 Å². The van der Waals surface area contributed by atoms with Crippen molar-refractivity contribution in [1.82, 2.24) is 5.32 Å². The summed E-state index contributed by atoms with van der Waals surface area (Å²) in [4.78, 5) is 12.7. The van der Waals surface area contributed by atoms with E-state index in [0.717, 1.165) is 17.7 Å². The summed E-state index contributed by atoms with van der Waals surface area (Å²) in [5, 5.41) is 5.78. The summed E-state index contributed by atoms with van der Waals surface area (Å²) in [6.45, 7) is 2.74. The monoisotopic (exact) mass is 358 g/mol. The first-order valence-electron chi connectivity index (χ1n) is 8.09. The van der Waals surface area contributed by atoms with Gasteiger partial charge in [0.1, 0.15) is 11.6 Å². The molecule has 0 spiro atoms. The molecule has 3 rings (SSSR count). The van der Waals surface area contributed by atoms with E-state index in [-0.39, 0.29) is 11.7 Å². The van der Waals surface area contributed by atoms with Crippen LogP contribution >= 0.6 is 11.8 Å². The Hall–Kier alpha value is -2.47. The highest BCUT2D eigenvalue weighted by molar-refractivity contribution is 8.05. The third kappa shape index (κ3) is 4.54. The molecular formula is C19H19FN2O2S. The third-order valence-corrected chi connectivity index (χ3v) is 4.57. The summed E-state index contributed by atoms with van der Waals surface area (Å²) < 4.78 is 19.2. The van der Waals surface area contributed by atoms with Gasteiger partial charge in [0.25, 0.3) is 5.91 Å². The number of nitrogens with one attached hydrogen (secondary N) is 2. The molecule has 0 aromatic heterocycles. The van der Waals surface area contributed by atoms with Gasteiger partial charge in [-0.3, -0.25) is 4.79 Å². The summed E-state index contributed by atoms with van der Waals surface area (Å²) >= 11 is 1.33. The van der Waals surface area contributed by atoms with Crippen LogP contribution in [0.15, 0.2) is 53.4 Å². The Morgan fingerprint density at radius 2 is 2.00 bits per heavy atom. The fourth-order valence-corrected chi connectivity index (χ4v) is 3.29. The highest BCUT2D eigenvalue weighted by Crippen LogP contribution is 2.31. The minimum Gasteiger partial charge on any atom is -0.494 e. The minimum absolute atomic E-state index is 0.176. The number of amides is 1. The standard InChI is InChI=1S/C19H19FN2O2S/c1-2-11-24-14-9-7-13(8-10-14)12-17-18(23)22-19(25-17)21-16-6-4-3-5-15(16)20/h3-10,12,19,21H,2,11H2,1H3,(H,22,23)/b17-12-. The number of rotatable bonds is 6. The SMILES string of the molecule is CCCOc1ccc(/C=C2\SC(Nc3ccccc3F)NC2=O)cc1. The number of hydrogen-bond acceptors (Lipinski definition) is 4. The van der Waals surface area contributed by atoms with Crippen LogP contribution in [0.2, 0.25) is 0 Å². The molecule has 2 N–H and O–H groups in total. The molecule has 6 heteroatoms. The topological polar surface area (TPSA) is 50.4 Å². The molecule has 2 aromatic carbocycles. The first kappa shape index (κ1) is 17.4. The highest BCUT2D eigenvalue weighted by atomic mass is 32.2. The highest BCUT2D eigenvalue weighted by Gasteiger charge is 2.27. The van der Waals surface area contributed by atoms with Crippen LogP contribution in [-0.2, 0) is 4.79 Å². The molecule has 4 nitrogen and oxygen atoms in total. The molecule has 1 saturated heterocycles. The van der Waals surface area contributed by atoms with Crippen LogP contribution in [0.25, 0.3) is 6.08 Å². The van der Waals surface area contributed by atoms with Gasteiger partial charge in [-0.15, -0.1) is 0 Å². The zero-order valence-electron chi connectivity index (χ0n) is 13.8. The Morgan fingerprint density at radius 3 is 2.72 bits per heavy atom. The molecule has 2 aromatic rings. The smallest absolute Gasteiger partial charge is 0.260 e. The van der Waals surface area contributed by atoms with Crippen molar-refractivity contribution in [2.75, 3.05) is 11.9 Å². The van der Waals surface area contributed by atoms with Crippen LogP contribution in [0.3, 0.4) is 0 Å². The molecule has 130 valence electrons. The normalized spacial score (nSPS) is 18.2.